The molecule has 1 aliphatic rings. The van der Waals surface area contributed by atoms with E-state index >= 15 is 0 Å². The number of hydrazine groups is 1. The first-order valence-corrected chi connectivity index (χ1v) is 11.7. The summed E-state index contributed by atoms with van der Waals surface area (Å²) in [6.45, 7) is 9.49. The van der Waals surface area contributed by atoms with Gasteiger partial charge in [-0.1, -0.05) is 70.2 Å². The van der Waals surface area contributed by atoms with Crippen LogP contribution in [0.1, 0.15) is 46.1 Å². The molecule has 1 aromatic carbocycles. The van der Waals surface area contributed by atoms with Gasteiger partial charge in [-0.25, -0.2) is 5.48 Å². The molecule has 1 heterocycles. The summed E-state index contributed by atoms with van der Waals surface area (Å²) >= 11 is 0. The number of benzene rings is 1. The van der Waals surface area contributed by atoms with Gasteiger partial charge in [-0.2, -0.15) is 0 Å². The molecule has 2 rings (SSSR count). The molecule has 1 aliphatic heterocycles. The second-order valence-corrected chi connectivity index (χ2v) is 9.54. The average Bonchev–Trinajstić information content (AvgIpc) is 2.73. The van der Waals surface area contributed by atoms with Crippen molar-refractivity contribution in [1.29, 1.82) is 0 Å². The molecule has 0 bridgehead atoms. The van der Waals surface area contributed by atoms with Crippen LogP contribution in [0.3, 0.4) is 0 Å². The average molecular weight is 459 g/mol. The maximum absolute atomic E-state index is 13.4. The third-order valence-corrected chi connectivity index (χ3v) is 5.68. The standard InChI is InChI=1S/C25H38N4O4/c1-17(2)13-22(21(24(31)28-33)12-8-11-19-9-6-5-7-10-19)23(30)27-29(16-18(3)4)25(32)20-14-26-15-20/h5-11,17-18,20-22,26,33H,12-16H2,1-4H3,(H,27,30)(H,28,31)/t21-,22+/m0/s1. The summed E-state index contributed by atoms with van der Waals surface area (Å²) in [5.41, 5.74) is 5.51. The summed E-state index contributed by atoms with van der Waals surface area (Å²) in [7, 11) is 0. The Bertz CT molecular complexity index is 806. The highest BCUT2D eigenvalue weighted by molar-refractivity contribution is 5.89. The van der Waals surface area contributed by atoms with E-state index in [-0.39, 0.29) is 36.0 Å². The number of hydrogen-bond donors (Lipinski definition) is 4. The molecule has 3 amide bonds. The zero-order chi connectivity index (χ0) is 24.4. The SMILES string of the molecule is CC(C)C[C@@H](C(=O)NN(CC(C)C)C(=O)C1CNC1)[C@H](CC=Cc1ccccc1)C(=O)NO. The van der Waals surface area contributed by atoms with Gasteiger partial charge in [-0.05, 0) is 30.2 Å². The van der Waals surface area contributed by atoms with Crippen LogP contribution in [0.25, 0.3) is 6.08 Å². The number of hydrogen-bond acceptors (Lipinski definition) is 5. The lowest BCUT2D eigenvalue weighted by Crippen LogP contribution is -2.58. The van der Waals surface area contributed by atoms with Crippen molar-refractivity contribution in [3.05, 3.63) is 42.0 Å². The van der Waals surface area contributed by atoms with Gasteiger partial charge in [0.2, 0.25) is 17.7 Å². The number of carbonyl (C=O) groups excluding carboxylic acids is 3. The number of hydroxylamine groups is 1. The highest BCUT2D eigenvalue weighted by atomic mass is 16.5. The van der Waals surface area contributed by atoms with Crippen molar-refractivity contribution < 1.29 is 19.6 Å². The molecule has 1 fully saturated rings. The van der Waals surface area contributed by atoms with Gasteiger partial charge in [0.15, 0.2) is 0 Å². The smallest absolute Gasteiger partial charge is 0.247 e. The molecule has 4 N–H and O–H groups in total. The summed E-state index contributed by atoms with van der Waals surface area (Å²) in [5, 5.41) is 13.8. The number of carbonyl (C=O) groups is 3. The van der Waals surface area contributed by atoms with Gasteiger partial charge in [0.25, 0.3) is 0 Å². The van der Waals surface area contributed by atoms with Crippen molar-refractivity contribution in [3.63, 3.8) is 0 Å². The summed E-state index contributed by atoms with van der Waals surface area (Å²) in [4.78, 5) is 38.8. The predicted octanol–water partition coefficient (Wildman–Crippen LogP) is 2.61. The topological polar surface area (TPSA) is 111 Å². The van der Waals surface area contributed by atoms with Crippen LogP contribution in [-0.4, -0.2) is 47.6 Å². The van der Waals surface area contributed by atoms with Crippen molar-refractivity contribution >= 4 is 23.8 Å². The minimum absolute atomic E-state index is 0.119. The molecule has 2 atom stereocenters. The first-order valence-electron chi connectivity index (χ1n) is 11.7. The Morgan fingerprint density at radius 1 is 1.06 bits per heavy atom. The van der Waals surface area contributed by atoms with E-state index in [0.29, 0.717) is 26.1 Å². The van der Waals surface area contributed by atoms with Crippen LogP contribution in [0.5, 0.6) is 0 Å². The van der Waals surface area contributed by atoms with E-state index in [1.54, 1.807) is 5.48 Å². The van der Waals surface area contributed by atoms with Crippen LogP contribution in [0.4, 0.5) is 0 Å². The first kappa shape index (κ1) is 26.5. The molecule has 0 saturated carbocycles. The maximum atomic E-state index is 13.4. The molecule has 33 heavy (non-hydrogen) atoms. The van der Waals surface area contributed by atoms with E-state index in [2.05, 4.69) is 10.7 Å². The van der Waals surface area contributed by atoms with Gasteiger partial charge < -0.3 is 5.32 Å². The third-order valence-electron chi connectivity index (χ3n) is 5.68. The number of amides is 3. The molecule has 182 valence electrons. The van der Waals surface area contributed by atoms with E-state index in [1.165, 1.54) is 5.01 Å². The Labute approximate surface area is 196 Å². The van der Waals surface area contributed by atoms with Gasteiger partial charge in [-0.3, -0.25) is 30.0 Å². The van der Waals surface area contributed by atoms with Crippen molar-refractivity contribution in [2.45, 2.75) is 40.5 Å². The Kier molecular flexibility index (Phi) is 10.5. The first-order chi connectivity index (χ1) is 15.7. The summed E-state index contributed by atoms with van der Waals surface area (Å²) < 4.78 is 0. The molecule has 0 radical (unpaired) electrons. The molecular weight excluding hydrogens is 420 g/mol. The van der Waals surface area contributed by atoms with Gasteiger partial charge in [0.1, 0.15) is 0 Å². The van der Waals surface area contributed by atoms with Crippen LogP contribution >= 0.6 is 0 Å². The number of allylic oxidation sites excluding steroid dienone is 1. The molecule has 8 heteroatoms. The van der Waals surface area contributed by atoms with Crippen molar-refractivity contribution in [1.82, 2.24) is 21.2 Å². The van der Waals surface area contributed by atoms with E-state index in [1.807, 2.05) is 70.2 Å². The van der Waals surface area contributed by atoms with Gasteiger partial charge in [0, 0.05) is 19.6 Å². The second-order valence-electron chi connectivity index (χ2n) is 9.54. The molecule has 1 aromatic rings. The highest BCUT2D eigenvalue weighted by Gasteiger charge is 2.36. The maximum Gasteiger partial charge on any atom is 0.247 e. The molecule has 0 aromatic heterocycles. The Hall–Kier alpha value is -2.71. The normalized spacial score (nSPS) is 15.8. The van der Waals surface area contributed by atoms with Crippen LogP contribution in [-0.2, 0) is 14.4 Å². The monoisotopic (exact) mass is 458 g/mol. The highest BCUT2D eigenvalue weighted by Crippen LogP contribution is 2.26. The fourth-order valence-electron chi connectivity index (χ4n) is 3.87. The minimum Gasteiger partial charge on any atom is -0.315 e. The summed E-state index contributed by atoms with van der Waals surface area (Å²) in [5.74, 6) is -2.46. The molecule has 1 saturated heterocycles. The van der Waals surface area contributed by atoms with Crippen LogP contribution in [0, 0.1) is 29.6 Å². The fraction of sp³-hybridized carbons (Fsp3) is 0.560. The lowest BCUT2D eigenvalue weighted by Gasteiger charge is -2.35. The second kappa shape index (κ2) is 13.1. The summed E-state index contributed by atoms with van der Waals surface area (Å²) in [6, 6.07) is 9.66. The van der Waals surface area contributed by atoms with Crippen LogP contribution in [0.15, 0.2) is 36.4 Å². The molecule has 8 nitrogen and oxygen atoms in total. The van der Waals surface area contributed by atoms with E-state index < -0.39 is 17.7 Å². The van der Waals surface area contributed by atoms with Gasteiger partial charge >= 0.3 is 0 Å². The third kappa shape index (κ3) is 8.29. The lowest BCUT2D eigenvalue weighted by atomic mass is 9.82. The molecule has 0 unspecified atom stereocenters. The van der Waals surface area contributed by atoms with Crippen LogP contribution < -0.4 is 16.2 Å². The van der Waals surface area contributed by atoms with Gasteiger partial charge in [-0.15, -0.1) is 0 Å². The number of nitrogens with zero attached hydrogens (tertiary/aromatic N) is 1. The number of rotatable bonds is 11. The quantitative estimate of drug-likeness (QED) is 0.301. The van der Waals surface area contributed by atoms with E-state index in [0.717, 1.165) is 5.56 Å². The van der Waals surface area contributed by atoms with Gasteiger partial charge in [0.05, 0.1) is 17.8 Å². The zero-order valence-electron chi connectivity index (χ0n) is 20.1. The van der Waals surface area contributed by atoms with E-state index in [4.69, 9.17) is 0 Å². The Morgan fingerprint density at radius 2 is 1.73 bits per heavy atom. The summed E-state index contributed by atoms with van der Waals surface area (Å²) in [6.07, 6.45) is 4.45. The van der Waals surface area contributed by atoms with Crippen molar-refractivity contribution in [3.8, 4) is 0 Å². The zero-order valence-corrected chi connectivity index (χ0v) is 20.1. The molecule has 0 aliphatic carbocycles. The molecule has 0 spiro atoms. The predicted molar refractivity (Wildman–Crippen MR) is 128 cm³/mol. The Balaban J connectivity index is 2.21. The lowest BCUT2D eigenvalue weighted by molar-refractivity contribution is -0.150. The van der Waals surface area contributed by atoms with Crippen molar-refractivity contribution in [2.75, 3.05) is 19.6 Å². The fourth-order valence-corrected chi connectivity index (χ4v) is 3.87. The molecular formula is C25H38N4O4. The van der Waals surface area contributed by atoms with E-state index in [9.17, 15) is 19.6 Å². The minimum atomic E-state index is -0.779. The largest absolute Gasteiger partial charge is 0.315 e. The number of nitrogens with one attached hydrogen (secondary N) is 3. The van der Waals surface area contributed by atoms with Crippen molar-refractivity contribution in [2.24, 2.45) is 29.6 Å². The Morgan fingerprint density at radius 3 is 2.24 bits per heavy atom. The van der Waals surface area contributed by atoms with Crippen LogP contribution in [0.2, 0.25) is 0 Å².